The first kappa shape index (κ1) is 30.1. The number of carbonyl (C=O) groups excluding carboxylic acids is 2. The van der Waals surface area contributed by atoms with E-state index < -0.39 is 5.91 Å². The third-order valence-corrected chi connectivity index (χ3v) is 6.19. The van der Waals surface area contributed by atoms with Gasteiger partial charge in [0, 0.05) is 55.8 Å². The smallest absolute Gasteiger partial charge is 0.271 e. The van der Waals surface area contributed by atoms with Crippen LogP contribution in [0.4, 0.5) is 11.4 Å². The number of nitrogens with one attached hydrogen (secondary N) is 3. The van der Waals surface area contributed by atoms with Gasteiger partial charge in [0.2, 0.25) is 0 Å². The number of nitrogens with two attached hydrogens (primary N) is 1. The third kappa shape index (κ3) is 8.82. The molecule has 1 fully saturated rings. The number of amides is 2. The number of allylic oxidation sites excluding steroid dienone is 3. The number of aliphatic imine (C=N–C) groups is 1. The van der Waals surface area contributed by atoms with E-state index in [2.05, 4.69) is 32.4 Å². The molecule has 2 amide bonds. The summed E-state index contributed by atoms with van der Waals surface area (Å²) in [6, 6.07) is 12.3. The van der Waals surface area contributed by atoms with Crippen molar-refractivity contribution in [2.75, 3.05) is 64.2 Å². The number of hydrogen-bond acceptors (Lipinski definition) is 8. The Labute approximate surface area is 235 Å². The summed E-state index contributed by atoms with van der Waals surface area (Å²) in [6.07, 6.45) is 4.92. The summed E-state index contributed by atoms with van der Waals surface area (Å²) in [6.45, 7) is 10.1. The van der Waals surface area contributed by atoms with Crippen LogP contribution in [0.5, 0.6) is 5.75 Å². The van der Waals surface area contributed by atoms with E-state index in [-0.39, 0.29) is 11.6 Å². The average Bonchev–Trinajstić information content (AvgIpc) is 2.97. The normalized spacial score (nSPS) is 14.8. The molecule has 212 valence electrons. The molecule has 0 bridgehead atoms. The zero-order valence-electron chi connectivity index (χ0n) is 23.3. The molecule has 0 aliphatic carbocycles. The molecule has 0 atom stereocenters. The second kappa shape index (κ2) is 15.2. The second-order valence-electron chi connectivity index (χ2n) is 9.05. The number of carbonyl (C=O) groups is 2. The Morgan fingerprint density at radius 1 is 1.15 bits per heavy atom. The van der Waals surface area contributed by atoms with Crippen LogP contribution in [0.3, 0.4) is 0 Å². The molecular formula is C30H38N6O4. The molecule has 5 N–H and O–H groups in total. The highest BCUT2D eigenvalue weighted by atomic mass is 16.5. The Kier molecular flexibility index (Phi) is 11.5. The molecule has 0 unspecified atom stereocenters. The predicted molar refractivity (Wildman–Crippen MR) is 161 cm³/mol. The number of anilines is 2. The number of methoxy groups -OCH3 is 1. The van der Waals surface area contributed by atoms with E-state index in [1.807, 2.05) is 25.2 Å². The van der Waals surface area contributed by atoms with Gasteiger partial charge in [-0.3, -0.25) is 19.5 Å². The second-order valence-corrected chi connectivity index (χ2v) is 9.05. The van der Waals surface area contributed by atoms with Crippen molar-refractivity contribution in [3.63, 3.8) is 0 Å². The molecule has 2 aromatic rings. The fourth-order valence-electron chi connectivity index (χ4n) is 4.05. The first-order valence-electron chi connectivity index (χ1n) is 13.1. The number of nitrogens with zero attached hydrogens (tertiary/aromatic N) is 2. The van der Waals surface area contributed by atoms with Gasteiger partial charge in [0.25, 0.3) is 11.8 Å². The Morgan fingerprint density at radius 2 is 1.85 bits per heavy atom. The van der Waals surface area contributed by atoms with Crippen LogP contribution in [0.15, 0.2) is 78.0 Å². The highest BCUT2D eigenvalue weighted by Crippen LogP contribution is 2.29. The summed E-state index contributed by atoms with van der Waals surface area (Å²) >= 11 is 0. The van der Waals surface area contributed by atoms with Gasteiger partial charge < -0.3 is 31.2 Å². The van der Waals surface area contributed by atoms with E-state index in [1.165, 1.54) is 6.08 Å². The Bertz CT molecular complexity index is 1280. The number of rotatable bonds is 12. The lowest BCUT2D eigenvalue weighted by atomic mass is 10.1. The summed E-state index contributed by atoms with van der Waals surface area (Å²) in [5, 5.41) is 8.77. The molecule has 1 aliphatic heterocycles. The van der Waals surface area contributed by atoms with Crippen LogP contribution < -0.4 is 26.4 Å². The zero-order valence-corrected chi connectivity index (χ0v) is 23.3. The fraction of sp³-hybridized carbons (Fsp3) is 0.300. The maximum atomic E-state index is 12.7. The highest BCUT2D eigenvalue weighted by molar-refractivity contribution is 6.09. The Balaban J connectivity index is 1.59. The lowest BCUT2D eigenvalue weighted by molar-refractivity contribution is -0.112. The van der Waals surface area contributed by atoms with Crippen molar-refractivity contribution in [1.29, 1.82) is 0 Å². The summed E-state index contributed by atoms with van der Waals surface area (Å²) < 4.78 is 10.7. The maximum absolute atomic E-state index is 12.7. The number of hydrogen-bond donors (Lipinski definition) is 4. The lowest BCUT2D eigenvalue weighted by Gasteiger charge is -2.26. The molecule has 0 spiro atoms. The van der Waals surface area contributed by atoms with Gasteiger partial charge in [-0.05, 0) is 61.5 Å². The fourth-order valence-corrected chi connectivity index (χ4v) is 4.05. The van der Waals surface area contributed by atoms with Crippen LogP contribution in [-0.4, -0.2) is 76.0 Å². The molecule has 40 heavy (non-hydrogen) atoms. The molecule has 1 saturated heterocycles. The molecule has 1 aliphatic rings. The van der Waals surface area contributed by atoms with E-state index in [4.69, 9.17) is 15.2 Å². The van der Waals surface area contributed by atoms with Gasteiger partial charge >= 0.3 is 0 Å². The first-order chi connectivity index (χ1) is 19.3. The summed E-state index contributed by atoms with van der Waals surface area (Å²) in [5.41, 5.74) is 9.91. The summed E-state index contributed by atoms with van der Waals surface area (Å²) in [5.74, 6) is 0.0658. The zero-order chi connectivity index (χ0) is 28.9. The van der Waals surface area contributed by atoms with Gasteiger partial charge in [-0.25, -0.2) is 0 Å². The van der Waals surface area contributed by atoms with Gasteiger partial charge in [-0.1, -0.05) is 12.7 Å². The Morgan fingerprint density at radius 3 is 2.50 bits per heavy atom. The van der Waals surface area contributed by atoms with Crippen molar-refractivity contribution in [2.24, 2.45) is 10.7 Å². The van der Waals surface area contributed by atoms with E-state index >= 15 is 0 Å². The number of benzene rings is 2. The minimum atomic E-state index is -0.478. The van der Waals surface area contributed by atoms with Crippen LogP contribution in [0, 0.1) is 0 Å². The molecule has 2 aromatic carbocycles. The largest absolute Gasteiger partial charge is 0.495 e. The Hall–Kier alpha value is -4.41. The topological polar surface area (TPSA) is 130 Å². The van der Waals surface area contributed by atoms with Crippen molar-refractivity contribution >= 4 is 34.6 Å². The summed E-state index contributed by atoms with van der Waals surface area (Å²) in [4.78, 5) is 32.0. The average molecular weight is 547 g/mol. The minimum Gasteiger partial charge on any atom is -0.495 e. The standard InChI is InChI=1S/C30H38N6O4/c1-5-6-26(23-9-12-28(39-4)27(20-23)32-3)34-21(2)19-25(31)30(38)35-24-10-7-22(8-11-24)29(37)33-13-14-36-15-17-40-18-16-36/h5-12,19-20,32H,1,13-18,31H2,2-4H3,(H,33,37)(H,35,38)/b25-19-,26-6-,34-21-. The lowest BCUT2D eigenvalue weighted by Crippen LogP contribution is -2.41. The van der Waals surface area contributed by atoms with Crippen LogP contribution in [0.25, 0.3) is 5.70 Å². The molecular weight excluding hydrogens is 508 g/mol. The van der Waals surface area contributed by atoms with E-state index in [1.54, 1.807) is 50.5 Å². The van der Waals surface area contributed by atoms with Gasteiger partial charge in [-0.2, -0.15) is 0 Å². The minimum absolute atomic E-state index is 0.00483. The predicted octanol–water partition coefficient (Wildman–Crippen LogP) is 3.27. The number of ether oxygens (including phenoxy) is 2. The molecule has 0 aromatic heterocycles. The van der Waals surface area contributed by atoms with Crippen molar-refractivity contribution in [3.8, 4) is 5.75 Å². The van der Waals surface area contributed by atoms with Crippen molar-refractivity contribution in [2.45, 2.75) is 6.92 Å². The molecule has 0 saturated carbocycles. The van der Waals surface area contributed by atoms with Gasteiger partial charge in [0.1, 0.15) is 5.75 Å². The van der Waals surface area contributed by atoms with Crippen molar-refractivity contribution < 1.29 is 19.1 Å². The quantitative estimate of drug-likeness (QED) is 0.183. The maximum Gasteiger partial charge on any atom is 0.271 e. The van der Waals surface area contributed by atoms with Crippen LogP contribution in [-0.2, 0) is 9.53 Å². The molecule has 1 heterocycles. The molecule has 3 rings (SSSR count). The van der Waals surface area contributed by atoms with Crippen molar-refractivity contribution in [1.82, 2.24) is 10.2 Å². The first-order valence-corrected chi connectivity index (χ1v) is 13.1. The van der Waals surface area contributed by atoms with Crippen LogP contribution in [0.2, 0.25) is 0 Å². The van der Waals surface area contributed by atoms with Crippen LogP contribution >= 0.6 is 0 Å². The molecule has 10 nitrogen and oxygen atoms in total. The van der Waals surface area contributed by atoms with Crippen LogP contribution in [0.1, 0.15) is 22.8 Å². The molecule has 0 radical (unpaired) electrons. The molecule has 10 heteroatoms. The highest BCUT2D eigenvalue weighted by Gasteiger charge is 2.12. The number of morpholine rings is 1. The third-order valence-electron chi connectivity index (χ3n) is 6.19. The monoisotopic (exact) mass is 546 g/mol. The van der Waals surface area contributed by atoms with Gasteiger partial charge in [-0.15, -0.1) is 0 Å². The van der Waals surface area contributed by atoms with E-state index in [0.29, 0.717) is 35.0 Å². The summed E-state index contributed by atoms with van der Waals surface area (Å²) in [7, 11) is 3.42. The van der Waals surface area contributed by atoms with Crippen molar-refractivity contribution in [3.05, 3.63) is 84.1 Å². The van der Waals surface area contributed by atoms with Gasteiger partial charge in [0.15, 0.2) is 0 Å². The van der Waals surface area contributed by atoms with E-state index in [9.17, 15) is 9.59 Å². The SMILES string of the molecule is C=C\C=C(/N=C(C)\C=C(/N)C(=O)Nc1ccc(C(=O)NCCN2CCOCC2)cc1)c1ccc(OC)c(NC)c1. The van der Waals surface area contributed by atoms with E-state index in [0.717, 1.165) is 44.1 Å². The van der Waals surface area contributed by atoms with Gasteiger partial charge in [0.05, 0.1) is 37.4 Å².